The van der Waals surface area contributed by atoms with Gasteiger partial charge < -0.3 is 5.11 Å². The number of hydrogen-bond donors (Lipinski definition) is 1. The van der Waals surface area contributed by atoms with E-state index in [0.29, 0.717) is 5.75 Å². The van der Waals surface area contributed by atoms with Crippen molar-refractivity contribution in [3.05, 3.63) is 101 Å². The van der Waals surface area contributed by atoms with Gasteiger partial charge in [0, 0.05) is 16.9 Å². The summed E-state index contributed by atoms with van der Waals surface area (Å²) in [6.07, 6.45) is 0. The average Bonchev–Trinajstić information content (AvgIpc) is 2.62. The van der Waals surface area contributed by atoms with Crippen LogP contribution in [0, 0.1) is 6.92 Å². The lowest BCUT2D eigenvalue weighted by Gasteiger charge is -2.28. The van der Waals surface area contributed by atoms with Crippen LogP contribution >= 0.6 is 0 Å². The van der Waals surface area contributed by atoms with Gasteiger partial charge >= 0.3 is 0 Å². The molecule has 25 heavy (non-hydrogen) atoms. The van der Waals surface area contributed by atoms with E-state index in [1.165, 1.54) is 22.3 Å². The molecule has 0 aliphatic heterocycles. The second kappa shape index (κ2) is 6.76. The van der Waals surface area contributed by atoms with Crippen molar-refractivity contribution in [1.29, 1.82) is 0 Å². The summed E-state index contributed by atoms with van der Waals surface area (Å²) in [7, 11) is 0. The maximum Gasteiger partial charge on any atom is 0.119 e. The minimum absolute atomic E-state index is 0.256. The second-order valence-electron chi connectivity index (χ2n) is 7.40. The SMILES string of the molecule is Cc1cccc(C(C)c2ccc(O)c(C(C)(C)c3ccccc3)c2)c1. The summed E-state index contributed by atoms with van der Waals surface area (Å²) in [4.78, 5) is 0. The van der Waals surface area contributed by atoms with Crippen LogP contribution in [0.25, 0.3) is 0 Å². The largest absolute Gasteiger partial charge is 0.508 e. The van der Waals surface area contributed by atoms with Crippen LogP contribution in [0.3, 0.4) is 0 Å². The molecule has 0 aromatic heterocycles. The molecule has 0 bridgehead atoms. The van der Waals surface area contributed by atoms with E-state index in [1.807, 2.05) is 30.3 Å². The minimum atomic E-state index is -0.256. The number of aryl methyl sites for hydroxylation is 1. The first-order chi connectivity index (χ1) is 11.9. The quantitative estimate of drug-likeness (QED) is 0.605. The Hall–Kier alpha value is -2.54. The van der Waals surface area contributed by atoms with Gasteiger partial charge in [0.25, 0.3) is 0 Å². The highest BCUT2D eigenvalue weighted by atomic mass is 16.3. The van der Waals surface area contributed by atoms with E-state index in [4.69, 9.17) is 0 Å². The zero-order valence-electron chi connectivity index (χ0n) is 15.5. The smallest absolute Gasteiger partial charge is 0.119 e. The Bertz CT molecular complexity index is 862. The summed E-state index contributed by atoms with van der Waals surface area (Å²) in [5.41, 5.74) is 5.71. The molecule has 0 aliphatic carbocycles. The van der Waals surface area contributed by atoms with Crippen LogP contribution in [-0.2, 0) is 5.41 Å². The van der Waals surface area contributed by atoms with Gasteiger partial charge in [-0.1, -0.05) is 93.1 Å². The van der Waals surface area contributed by atoms with Crippen molar-refractivity contribution >= 4 is 0 Å². The zero-order chi connectivity index (χ0) is 18.0. The second-order valence-corrected chi connectivity index (χ2v) is 7.40. The maximum absolute atomic E-state index is 10.5. The Kier molecular flexibility index (Phi) is 4.67. The van der Waals surface area contributed by atoms with Gasteiger partial charge in [0.2, 0.25) is 0 Å². The van der Waals surface area contributed by atoms with E-state index in [-0.39, 0.29) is 11.3 Å². The summed E-state index contributed by atoms with van der Waals surface area (Å²) >= 11 is 0. The predicted molar refractivity (Wildman–Crippen MR) is 105 cm³/mol. The Morgan fingerprint density at radius 3 is 2.16 bits per heavy atom. The lowest BCUT2D eigenvalue weighted by atomic mass is 9.76. The van der Waals surface area contributed by atoms with Crippen LogP contribution in [0.15, 0.2) is 72.8 Å². The third-order valence-corrected chi connectivity index (χ3v) is 5.23. The number of rotatable bonds is 4. The molecule has 1 unspecified atom stereocenters. The van der Waals surface area contributed by atoms with E-state index >= 15 is 0 Å². The maximum atomic E-state index is 10.5. The molecule has 1 atom stereocenters. The average molecular weight is 330 g/mol. The first-order valence-electron chi connectivity index (χ1n) is 8.85. The molecule has 0 saturated heterocycles. The Morgan fingerprint density at radius 2 is 1.48 bits per heavy atom. The standard InChI is InChI=1S/C24H26O/c1-17-9-8-10-19(15-17)18(2)20-13-14-23(25)22(16-20)24(3,4)21-11-6-5-7-12-21/h5-16,18,25H,1-4H3. The van der Waals surface area contributed by atoms with Gasteiger partial charge in [-0.2, -0.15) is 0 Å². The fourth-order valence-corrected chi connectivity index (χ4v) is 3.47. The van der Waals surface area contributed by atoms with Crippen LogP contribution in [0.1, 0.15) is 54.5 Å². The predicted octanol–water partition coefficient (Wildman–Crippen LogP) is 6.18. The number of benzene rings is 3. The van der Waals surface area contributed by atoms with Gasteiger partial charge in [-0.05, 0) is 29.7 Å². The van der Waals surface area contributed by atoms with Crippen LogP contribution in [0.5, 0.6) is 5.75 Å². The topological polar surface area (TPSA) is 20.2 Å². The fourth-order valence-electron chi connectivity index (χ4n) is 3.47. The molecule has 1 nitrogen and oxygen atoms in total. The molecule has 0 fully saturated rings. The van der Waals surface area contributed by atoms with E-state index < -0.39 is 0 Å². The third-order valence-electron chi connectivity index (χ3n) is 5.23. The highest BCUT2D eigenvalue weighted by molar-refractivity contribution is 5.49. The van der Waals surface area contributed by atoms with Crippen LogP contribution in [-0.4, -0.2) is 5.11 Å². The summed E-state index contributed by atoms with van der Waals surface area (Å²) in [5, 5.41) is 10.5. The van der Waals surface area contributed by atoms with Crippen molar-refractivity contribution in [3.63, 3.8) is 0 Å². The van der Waals surface area contributed by atoms with E-state index in [9.17, 15) is 5.11 Å². The monoisotopic (exact) mass is 330 g/mol. The first kappa shape index (κ1) is 17.3. The molecule has 0 amide bonds. The van der Waals surface area contributed by atoms with Crippen molar-refractivity contribution in [2.24, 2.45) is 0 Å². The number of phenolic OH excluding ortho intramolecular Hbond substituents is 1. The van der Waals surface area contributed by atoms with Gasteiger partial charge in [0.15, 0.2) is 0 Å². The van der Waals surface area contributed by atoms with Gasteiger partial charge in [0.1, 0.15) is 5.75 Å². The van der Waals surface area contributed by atoms with Gasteiger partial charge in [-0.15, -0.1) is 0 Å². The Morgan fingerprint density at radius 1 is 0.800 bits per heavy atom. The molecule has 0 saturated carbocycles. The summed E-state index contributed by atoms with van der Waals surface area (Å²) in [6, 6.07) is 25.0. The molecule has 1 heteroatoms. The highest BCUT2D eigenvalue weighted by Gasteiger charge is 2.27. The van der Waals surface area contributed by atoms with Crippen LogP contribution in [0.2, 0.25) is 0 Å². The lowest BCUT2D eigenvalue weighted by molar-refractivity contribution is 0.452. The summed E-state index contributed by atoms with van der Waals surface area (Å²) < 4.78 is 0. The van der Waals surface area contributed by atoms with Gasteiger partial charge in [-0.3, -0.25) is 0 Å². The third kappa shape index (κ3) is 3.46. The van der Waals surface area contributed by atoms with Crippen molar-refractivity contribution in [2.75, 3.05) is 0 Å². The Labute approximate surface area is 151 Å². The summed E-state index contributed by atoms with van der Waals surface area (Å²) in [5.74, 6) is 0.639. The fraction of sp³-hybridized carbons (Fsp3) is 0.250. The van der Waals surface area contributed by atoms with Gasteiger partial charge in [-0.25, -0.2) is 0 Å². The molecule has 0 spiro atoms. The number of hydrogen-bond acceptors (Lipinski definition) is 1. The van der Waals surface area contributed by atoms with E-state index in [0.717, 1.165) is 5.56 Å². The molecule has 3 rings (SSSR count). The molecule has 3 aromatic rings. The molecule has 0 radical (unpaired) electrons. The zero-order valence-corrected chi connectivity index (χ0v) is 15.5. The van der Waals surface area contributed by atoms with Crippen molar-refractivity contribution in [2.45, 2.75) is 39.0 Å². The molecule has 3 aromatic carbocycles. The van der Waals surface area contributed by atoms with Crippen molar-refractivity contribution < 1.29 is 5.11 Å². The molecule has 1 N–H and O–H groups in total. The van der Waals surface area contributed by atoms with E-state index in [1.54, 1.807) is 0 Å². The summed E-state index contributed by atoms with van der Waals surface area (Å²) in [6.45, 7) is 8.68. The van der Waals surface area contributed by atoms with Gasteiger partial charge in [0.05, 0.1) is 0 Å². The number of aromatic hydroxyl groups is 1. The van der Waals surface area contributed by atoms with Crippen LogP contribution in [0.4, 0.5) is 0 Å². The molecule has 128 valence electrons. The van der Waals surface area contributed by atoms with Crippen molar-refractivity contribution in [1.82, 2.24) is 0 Å². The lowest BCUT2D eigenvalue weighted by Crippen LogP contribution is -2.19. The Balaban J connectivity index is 2.04. The normalized spacial score (nSPS) is 12.8. The molecule has 0 heterocycles. The molecular formula is C24H26O. The number of phenols is 1. The van der Waals surface area contributed by atoms with Crippen LogP contribution < -0.4 is 0 Å². The first-order valence-corrected chi connectivity index (χ1v) is 8.85. The molecule has 0 aliphatic rings. The van der Waals surface area contributed by atoms with E-state index in [2.05, 4.69) is 70.2 Å². The highest BCUT2D eigenvalue weighted by Crippen LogP contribution is 2.39. The minimum Gasteiger partial charge on any atom is -0.508 e. The molecular weight excluding hydrogens is 304 g/mol. The van der Waals surface area contributed by atoms with Crippen molar-refractivity contribution in [3.8, 4) is 5.75 Å².